The molecule has 0 fully saturated rings. The maximum absolute atomic E-state index is 6.71. The molecule has 4 aromatic heterocycles. The number of hydrogen-bond acceptors (Lipinski definition) is 6. The standard InChI is InChI=1S/C74H54N2O2S2Si2/c1-81(2)65-35-19-13-29-55(65)73(56-30-14-20-36-66(56)81)59-45-69(75(47-23-7-5-8-24-47)49-39-41-53-51-27-11-17-33-61(51)77-63(53)43-49)80-72(59)74(57-31-15-21-37-67(57)82(3,4)68-38-22-16-32-58(68)74)60-46-70(79-71(60)73)76(48-25-9-6-10-26-48)50-40-42-54-52-28-12-18-34-62(52)78-64(54)44-50/h5-46H,1-4H3. The van der Waals surface area contributed by atoms with E-state index in [4.69, 9.17) is 8.83 Å². The van der Waals surface area contributed by atoms with Crippen LogP contribution < -0.4 is 30.5 Å². The second kappa shape index (κ2) is 17.4. The van der Waals surface area contributed by atoms with E-state index in [1.165, 1.54) is 63.9 Å². The van der Waals surface area contributed by atoms with Gasteiger partial charge in [0.1, 0.15) is 48.5 Å². The van der Waals surface area contributed by atoms with Crippen molar-refractivity contribution in [3.8, 4) is 0 Å². The second-order valence-electron chi connectivity index (χ2n) is 23.5. The number of benzene rings is 10. The smallest absolute Gasteiger partial charge is 0.137 e. The first-order valence-electron chi connectivity index (χ1n) is 28.4. The topological polar surface area (TPSA) is 32.8 Å². The number of fused-ring (bicyclic) bond motifs is 20. The molecule has 14 aromatic rings. The Morgan fingerprint density at radius 3 is 0.988 bits per heavy atom. The molecule has 0 bridgehead atoms. The van der Waals surface area contributed by atoms with Crippen molar-refractivity contribution in [2.75, 3.05) is 9.80 Å². The average Bonchev–Trinajstić information content (AvgIpc) is 1.41. The number of rotatable bonds is 6. The van der Waals surface area contributed by atoms with E-state index < -0.39 is 27.0 Å². The number of anilines is 6. The SMILES string of the molecule is C[Si]1(C)c2ccccc2C2(c3ccccc31)c1cc(N(c3ccccc3)c3ccc4c(c3)oc3ccccc34)sc1C1(c3ccccc3[Si](C)(C)c3ccccc31)c1cc(N(c3ccccc3)c3ccc4c(c3)oc3ccccc34)sc12. The zero-order valence-corrected chi connectivity index (χ0v) is 49.4. The van der Waals surface area contributed by atoms with Gasteiger partial charge in [-0.1, -0.05) is 196 Å². The van der Waals surface area contributed by atoms with Crippen molar-refractivity contribution in [3.05, 3.63) is 298 Å². The van der Waals surface area contributed by atoms with Crippen LogP contribution in [0.4, 0.5) is 32.8 Å². The highest BCUT2D eigenvalue weighted by molar-refractivity contribution is 7.18. The Morgan fingerprint density at radius 1 is 0.293 bits per heavy atom. The molecule has 0 atom stereocenters. The Hall–Kier alpha value is -8.77. The van der Waals surface area contributed by atoms with Gasteiger partial charge in [0.2, 0.25) is 0 Å². The van der Waals surface area contributed by atoms with Gasteiger partial charge < -0.3 is 18.6 Å². The Bertz CT molecular complexity index is 4470. The van der Waals surface area contributed by atoms with Crippen LogP contribution in [0.3, 0.4) is 0 Å². The van der Waals surface area contributed by atoms with E-state index >= 15 is 0 Å². The van der Waals surface area contributed by atoms with Gasteiger partial charge in [0, 0.05) is 54.8 Å². The van der Waals surface area contributed by atoms with Crippen LogP contribution in [0.15, 0.2) is 264 Å². The maximum Gasteiger partial charge on any atom is 0.137 e. The van der Waals surface area contributed by atoms with E-state index in [9.17, 15) is 0 Å². The van der Waals surface area contributed by atoms with Crippen LogP contribution in [0.5, 0.6) is 0 Å². The predicted molar refractivity (Wildman–Crippen MR) is 350 cm³/mol. The molecule has 0 radical (unpaired) electrons. The zero-order valence-electron chi connectivity index (χ0n) is 45.8. The van der Waals surface area contributed by atoms with E-state index in [0.717, 1.165) is 76.6 Å². The fourth-order valence-electron chi connectivity index (χ4n) is 15.1. The number of hydrogen-bond donors (Lipinski definition) is 0. The van der Waals surface area contributed by atoms with Gasteiger partial charge in [0.15, 0.2) is 0 Å². The highest BCUT2D eigenvalue weighted by Gasteiger charge is 2.63. The van der Waals surface area contributed by atoms with Crippen LogP contribution in [0, 0.1) is 0 Å². The highest BCUT2D eigenvalue weighted by Crippen LogP contribution is 2.67. The fourth-order valence-corrected chi connectivity index (χ4v) is 24.5. The molecule has 2 aliphatic heterocycles. The van der Waals surface area contributed by atoms with Crippen molar-refractivity contribution in [1.29, 1.82) is 0 Å². The highest BCUT2D eigenvalue weighted by atomic mass is 32.1. The molecule has 0 N–H and O–H groups in total. The quantitative estimate of drug-likeness (QED) is 0.155. The molecule has 8 heteroatoms. The molecule has 2 spiro atoms. The van der Waals surface area contributed by atoms with Crippen LogP contribution in [0.25, 0.3) is 43.9 Å². The largest absolute Gasteiger partial charge is 0.456 e. The fraction of sp³-hybridized carbons (Fsp3) is 0.0811. The second-order valence-corrected chi connectivity index (χ2v) is 34.2. The molecule has 0 amide bonds. The minimum absolute atomic E-state index is 0.729. The molecule has 0 saturated carbocycles. The molecule has 0 saturated heterocycles. The lowest BCUT2D eigenvalue weighted by molar-refractivity contribution is 0.646. The summed E-state index contributed by atoms with van der Waals surface area (Å²) in [5.74, 6) is 0. The van der Waals surface area contributed by atoms with Crippen LogP contribution in [0.2, 0.25) is 26.2 Å². The van der Waals surface area contributed by atoms with Gasteiger partial charge >= 0.3 is 0 Å². The molecule has 6 heterocycles. The minimum Gasteiger partial charge on any atom is -0.456 e. The van der Waals surface area contributed by atoms with E-state index in [-0.39, 0.29) is 0 Å². The van der Waals surface area contributed by atoms with Gasteiger partial charge in [-0.05, 0) is 127 Å². The average molecular weight is 1120 g/mol. The van der Waals surface area contributed by atoms with Crippen molar-refractivity contribution in [2.45, 2.75) is 37.0 Å². The first-order chi connectivity index (χ1) is 40.2. The zero-order chi connectivity index (χ0) is 54.7. The molecule has 17 rings (SSSR count). The van der Waals surface area contributed by atoms with Crippen molar-refractivity contribution in [3.63, 3.8) is 0 Å². The predicted octanol–water partition coefficient (Wildman–Crippen LogP) is 17.9. The van der Waals surface area contributed by atoms with E-state index in [1.807, 2.05) is 22.7 Å². The Labute approximate surface area is 486 Å². The number of para-hydroxylation sites is 4. The summed E-state index contributed by atoms with van der Waals surface area (Å²) >= 11 is 3.94. The molecule has 3 aliphatic rings. The van der Waals surface area contributed by atoms with Crippen LogP contribution in [-0.4, -0.2) is 16.1 Å². The number of thiophene rings is 2. The Morgan fingerprint density at radius 2 is 0.610 bits per heavy atom. The van der Waals surface area contributed by atoms with Crippen LogP contribution in [-0.2, 0) is 10.8 Å². The van der Waals surface area contributed by atoms with Gasteiger partial charge in [-0.3, -0.25) is 0 Å². The summed E-state index contributed by atoms with van der Waals surface area (Å²) < 4.78 is 13.4. The van der Waals surface area contributed by atoms with Crippen molar-refractivity contribution in [1.82, 2.24) is 0 Å². The molecule has 4 nitrogen and oxygen atoms in total. The third kappa shape index (κ3) is 6.35. The lowest BCUT2D eigenvalue weighted by atomic mass is 9.55. The van der Waals surface area contributed by atoms with Crippen LogP contribution >= 0.6 is 22.7 Å². The molecule has 1 aliphatic carbocycles. The third-order valence-electron chi connectivity index (χ3n) is 18.7. The minimum atomic E-state index is -2.32. The monoisotopic (exact) mass is 1120 g/mol. The van der Waals surface area contributed by atoms with Crippen molar-refractivity contribution >= 4 is 136 Å². The van der Waals surface area contributed by atoms with Gasteiger partial charge in [0.05, 0.1) is 22.2 Å². The Kier molecular flexibility index (Phi) is 10.2. The molecular formula is C74H54N2O2S2Si2. The summed E-state index contributed by atoms with van der Waals surface area (Å²) in [6.07, 6.45) is 0. The van der Waals surface area contributed by atoms with E-state index in [0.29, 0.717) is 0 Å². The molecular weight excluding hydrogens is 1070 g/mol. The Balaban J connectivity index is 1.04. The van der Waals surface area contributed by atoms with E-state index in [2.05, 4.69) is 291 Å². The lowest BCUT2D eigenvalue weighted by Crippen LogP contribution is -2.66. The van der Waals surface area contributed by atoms with Gasteiger partial charge in [0.25, 0.3) is 0 Å². The lowest BCUT2D eigenvalue weighted by Gasteiger charge is -2.54. The van der Waals surface area contributed by atoms with Gasteiger partial charge in [-0.15, -0.1) is 22.7 Å². The first-order valence-corrected chi connectivity index (χ1v) is 36.0. The molecule has 0 unspecified atom stereocenters. The number of furan rings is 2. The molecule has 392 valence electrons. The first kappa shape index (κ1) is 48.0. The number of nitrogens with zero attached hydrogens (tertiary/aromatic N) is 2. The van der Waals surface area contributed by atoms with Gasteiger partial charge in [-0.2, -0.15) is 0 Å². The summed E-state index contributed by atoms with van der Waals surface area (Å²) in [5, 5.41) is 12.7. The summed E-state index contributed by atoms with van der Waals surface area (Å²) in [4.78, 5) is 7.71. The molecule has 10 aromatic carbocycles. The van der Waals surface area contributed by atoms with Crippen molar-refractivity contribution < 1.29 is 8.83 Å². The van der Waals surface area contributed by atoms with Crippen LogP contribution in [0.1, 0.15) is 43.1 Å². The summed E-state index contributed by atoms with van der Waals surface area (Å²) in [7, 11) is -4.63. The summed E-state index contributed by atoms with van der Waals surface area (Å²) in [5.41, 5.74) is 14.6. The normalized spacial score (nSPS) is 15.5. The third-order valence-corrected chi connectivity index (χ3v) is 28.3. The van der Waals surface area contributed by atoms with Gasteiger partial charge in [-0.25, -0.2) is 0 Å². The van der Waals surface area contributed by atoms with E-state index in [1.54, 1.807) is 0 Å². The summed E-state index contributed by atoms with van der Waals surface area (Å²) in [6.45, 7) is 10.3. The van der Waals surface area contributed by atoms with Crippen molar-refractivity contribution in [2.24, 2.45) is 0 Å². The molecule has 82 heavy (non-hydrogen) atoms. The summed E-state index contributed by atoms with van der Waals surface area (Å²) in [6, 6.07) is 95.9. The maximum atomic E-state index is 6.71.